The highest BCUT2D eigenvalue weighted by molar-refractivity contribution is 5.73. The summed E-state index contributed by atoms with van der Waals surface area (Å²) in [4.78, 5) is 13.1. The molecular formula is C14H18N2O. The number of hydrogen-bond donors (Lipinski definition) is 1. The van der Waals surface area contributed by atoms with Crippen LogP contribution in [0.5, 0.6) is 0 Å². The summed E-state index contributed by atoms with van der Waals surface area (Å²) in [6, 6.07) is 6.54. The molecule has 1 aliphatic heterocycles. The van der Waals surface area contributed by atoms with Crippen molar-refractivity contribution in [3.8, 4) is 0 Å². The summed E-state index contributed by atoms with van der Waals surface area (Å²) in [7, 11) is 0. The molecule has 0 aromatic heterocycles. The summed E-state index contributed by atoms with van der Waals surface area (Å²) in [5.41, 5.74) is 10.9. The van der Waals surface area contributed by atoms with Gasteiger partial charge in [0.15, 0.2) is 6.29 Å². The van der Waals surface area contributed by atoms with Crippen LogP contribution in [0.1, 0.15) is 30.5 Å². The number of nitrogens with zero attached hydrogens (tertiary/aromatic N) is 1. The van der Waals surface area contributed by atoms with E-state index in [0.29, 0.717) is 11.4 Å². The number of carbonyl (C=O) groups excluding carboxylic acids is 1. The molecule has 0 amide bonds. The fourth-order valence-corrected chi connectivity index (χ4v) is 2.25. The Hall–Kier alpha value is -1.77. The van der Waals surface area contributed by atoms with Crippen LogP contribution in [0.3, 0.4) is 0 Å². The molecule has 1 heterocycles. The molecular weight excluding hydrogens is 212 g/mol. The quantitative estimate of drug-likeness (QED) is 0.637. The number of hydrogen-bond acceptors (Lipinski definition) is 3. The van der Waals surface area contributed by atoms with Crippen LogP contribution >= 0.6 is 0 Å². The van der Waals surface area contributed by atoms with Gasteiger partial charge in [0, 0.05) is 18.8 Å². The van der Waals surface area contributed by atoms with Crippen LogP contribution < -0.4 is 5.73 Å². The lowest BCUT2D eigenvalue weighted by Gasteiger charge is -2.18. The van der Waals surface area contributed by atoms with Gasteiger partial charge in [0.25, 0.3) is 0 Å². The molecule has 3 heteroatoms. The molecule has 17 heavy (non-hydrogen) atoms. The first-order chi connectivity index (χ1) is 8.15. The molecule has 0 atom stereocenters. The highest BCUT2D eigenvalue weighted by atomic mass is 16.1. The van der Waals surface area contributed by atoms with Crippen LogP contribution in [-0.4, -0.2) is 11.2 Å². The van der Waals surface area contributed by atoms with Crippen molar-refractivity contribution in [2.45, 2.75) is 33.4 Å². The Morgan fingerprint density at radius 3 is 2.71 bits per heavy atom. The highest BCUT2D eigenvalue weighted by Gasteiger charge is 2.21. The van der Waals surface area contributed by atoms with Crippen LogP contribution in [0.2, 0.25) is 0 Å². The maximum Gasteiger partial charge on any atom is 0.167 e. The van der Waals surface area contributed by atoms with E-state index >= 15 is 0 Å². The number of benzene rings is 1. The number of fused-ring (bicyclic) bond motifs is 1. The van der Waals surface area contributed by atoms with E-state index in [1.165, 1.54) is 16.7 Å². The van der Waals surface area contributed by atoms with Crippen molar-refractivity contribution in [2.75, 3.05) is 0 Å². The molecule has 1 aromatic rings. The average molecular weight is 230 g/mol. The van der Waals surface area contributed by atoms with Crippen LogP contribution in [0.4, 0.5) is 0 Å². The van der Waals surface area contributed by atoms with Crippen molar-refractivity contribution in [3.63, 3.8) is 0 Å². The average Bonchev–Trinajstić information content (AvgIpc) is 2.71. The molecule has 2 rings (SSSR count). The number of rotatable bonds is 3. The van der Waals surface area contributed by atoms with Crippen molar-refractivity contribution in [3.05, 3.63) is 46.3 Å². The zero-order chi connectivity index (χ0) is 12.4. The third-order valence-electron chi connectivity index (χ3n) is 3.26. The molecule has 2 N–H and O–H groups in total. The van der Waals surface area contributed by atoms with Gasteiger partial charge in [0.2, 0.25) is 0 Å². The lowest BCUT2D eigenvalue weighted by atomic mass is 10.1. The number of carbonyl (C=O) groups is 1. The standard InChI is InChI=1S/C14H18N2O/c1-3-11-4-5-12-7-16(8-13(12)6-11)14(9-17)10(2)15/h4-6,9H,3,7-8,15H2,1-2H3/b14-10-. The topological polar surface area (TPSA) is 46.3 Å². The Morgan fingerprint density at radius 2 is 2.12 bits per heavy atom. The Morgan fingerprint density at radius 1 is 1.41 bits per heavy atom. The molecule has 0 aliphatic carbocycles. The third kappa shape index (κ3) is 2.18. The maximum absolute atomic E-state index is 11.0. The molecule has 0 radical (unpaired) electrons. The van der Waals surface area contributed by atoms with Crippen LogP contribution in [0.15, 0.2) is 29.6 Å². The fourth-order valence-electron chi connectivity index (χ4n) is 2.25. The molecule has 0 spiro atoms. The molecule has 0 fully saturated rings. The minimum atomic E-state index is 0.587. The largest absolute Gasteiger partial charge is 0.401 e. The summed E-state index contributed by atoms with van der Waals surface area (Å²) in [6.07, 6.45) is 1.89. The van der Waals surface area contributed by atoms with Gasteiger partial charge in [0.05, 0.1) is 5.70 Å². The van der Waals surface area contributed by atoms with Crippen molar-refractivity contribution < 1.29 is 4.79 Å². The Kier molecular flexibility index (Phi) is 3.18. The van der Waals surface area contributed by atoms with Gasteiger partial charge in [-0.05, 0) is 30.0 Å². The second-order valence-electron chi connectivity index (χ2n) is 4.50. The van der Waals surface area contributed by atoms with E-state index in [2.05, 4.69) is 25.1 Å². The Labute approximate surface area is 102 Å². The molecule has 1 aliphatic rings. The Bertz CT molecular complexity index is 473. The highest BCUT2D eigenvalue weighted by Crippen LogP contribution is 2.27. The smallest absolute Gasteiger partial charge is 0.167 e. The molecule has 0 saturated carbocycles. The van der Waals surface area contributed by atoms with Crippen molar-refractivity contribution in [1.29, 1.82) is 0 Å². The van der Waals surface area contributed by atoms with Crippen LogP contribution in [0.25, 0.3) is 0 Å². The van der Waals surface area contributed by atoms with Gasteiger partial charge in [-0.25, -0.2) is 0 Å². The van der Waals surface area contributed by atoms with E-state index < -0.39 is 0 Å². The minimum Gasteiger partial charge on any atom is -0.401 e. The van der Waals surface area contributed by atoms with Gasteiger partial charge in [-0.2, -0.15) is 0 Å². The second kappa shape index (κ2) is 4.62. The predicted octanol–water partition coefficient (Wildman–Crippen LogP) is 1.95. The summed E-state index contributed by atoms with van der Waals surface area (Å²) < 4.78 is 0. The zero-order valence-corrected chi connectivity index (χ0v) is 10.4. The van der Waals surface area contributed by atoms with Gasteiger partial charge in [-0.15, -0.1) is 0 Å². The normalized spacial score (nSPS) is 15.5. The lowest BCUT2D eigenvalue weighted by molar-refractivity contribution is -0.106. The molecule has 0 unspecified atom stereocenters. The minimum absolute atomic E-state index is 0.587. The maximum atomic E-state index is 11.0. The number of aryl methyl sites for hydroxylation is 1. The van der Waals surface area contributed by atoms with E-state index in [0.717, 1.165) is 25.8 Å². The monoisotopic (exact) mass is 230 g/mol. The van der Waals surface area contributed by atoms with Gasteiger partial charge < -0.3 is 10.6 Å². The van der Waals surface area contributed by atoms with Gasteiger partial charge in [0.1, 0.15) is 0 Å². The van der Waals surface area contributed by atoms with Crippen molar-refractivity contribution in [2.24, 2.45) is 5.73 Å². The van der Waals surface area contributed by atoms with E-state index in [-0.39, 0.29) is 0 Å². The van der Waals surface area contributed by atoms with E-state index in [1.54, 1.807) is 6.92 Å². The van der Waals surface area contributed by atoms with E-state index in [4.69, 9.17) is 5.73 Å². The van der Waals surface area contributed by atoms with Gasteiger partial charge in [-0.1, -0.05) is 25.1 Å². The van der Waals surface area contributed by atoms with Crippen LogP contribution in [0, 0.1) is 0 Å². The molecule has 0 saturated heterocycles. The fraction of sp³-hybridized carbons (Fsp3) is 0.357. The number of nitrogens with two attached hydrogens (primary N) is 1. The van der Waals surface area contributed by atoms with Crippen LogP contribution in [-0.2, 0) is 24.3 Å². The second-order valence-corrected chi connectivity index (χ2v) is 4.50. The van der Waals surface area contributed by atoms with Crippen molar-refractivity contribution in [1.82, 2.24) is 4.90 Å². The summed E-state index contributed by atoms with van der Waals surface area (Å²) >= 11 is 0. The lowest BCUT2D eigenvalue weighted by Crippen LogP contribution is -2.20. The first-order valence-electron chi connectivity index (χ1n) is 5.92. The summed E-state index contributed by atoms with van der Waals surface area (Å²) in [5.74, 6) is 0. The van der Waals surface area contributed by atoms with E-state index in [9.17, 15) is 4.79 Å². The molecule has 90 valence electrons. The van der Waals surface area contributed by atoms with E-state index in [1.807, 2.05) is 4.90 Å². The predicted molar refractivity (Wildman–Crippen MR) is 68.0 cm³/mol. The van der Waals surface area contributed by atoms with Gasteiger partial charge in [-0.3, -0.25) is 4.79 Å². The summed E-state index contributed by atoms with van der Waals surface area (Å²) in [6.45, 7) is 5.48. The first-order valence-corrected chi connectivity index (χ1v) is 5.92. The molecule has 3 nitrogen and oxygen atoms in total. The number of aldehydes is 1. The van der Waals surface area contributed by atoms with Crippen molar-refractivity contribution >= 4 is 6.29 Å². The molecule has 1 aromatic carbocycles. The summed E-state index contributed by atoms with van der Waals surface area (Å²) in [5, 5.41) is 0. The zero-order valence-electron chi connectivity index (χ0n) is 10.4. The first kappa shape index (κ1) is 11.7. The Balaban J connectivity index is 2.27. The number of allylic oxidation sites excluding steroid dienone is 2. The van der Waals surface area contributed by atoms with Gasteiger partial charge >= 0.3 is 0 Å². The SMILES string of the molecule is CCc1ccc2c(c1)CN(/C(C=O)=C(/C)N)C2. The third-order valence-corrected chi connectivity index (χ3v) is 3.26. The molecule has 0 bridgehead atoms.